The fourth-order valence-electron chi connectivity index (χ4n) is 4.46. The van der Waals surface area contributed by atoms with Crippen molar-refractivity contribution in [3.63, 3.8) is 0 Å². The molecule has 0 atom stereocenters. The summed E-state index contributed by atoms with van der Waals surface area (Å²) in [6.07, 6.45) is 0. The summed E-state index contributed by atoms with van der Waals surface area (Å²) in [6, 6.07) is 50.8. The molecule has 0 radical (unpaired) electrons. The van der Waals surface area contributed by atoms with Crippen LogP contribution in [0.2, 0.25) is 0 Å². The van der Waals surface area contributed by atoms with Gasteiger partial charge in [0.1, 0.15) is 10.0 Å². The van der Waals surface area contributed by atoms with Crippen molar-refractivity contribution in [2.24, 2.45) is 0 Å². The van der Waals surface area contributed by atoms with Crippen LogP contribution in [0.25, 0.3) is 5.57 Å². The van der Waals surface area contributed by atoms with Crippen molar-refractivity contribution < 1.29 is 0 Å². The Morgan fingerprint density at radius 2 is 0.684 bits per heavy atom. The summed E-state index contributed by atoms with van der Waals surface area (Å²) in [6.45, 7) is 4.52. The molecule has 0 unspecified atom stereocenters. The van der Waals surface area contributed by atoms with Gasteiger partial charge in [0.25, 0.3) is 0 Å². The number of thiophene rings is 2. The first-order valence-corrected chi connectivity index (χ1v) is 14.1. The summed E-state index contributed by atoms with van der Waals surface area (Å²) in [5.41, 5.74) is 5.59. The average molecular weight is 527 g/mol. The van der Waals surface area contributed by atoms with Crippen LogP contribution in [0.15, 0.2) is 152 Å². The van der Waals surface area contributed by atoms with Gasteiger partial charge in [-0.3, -0.25) is 0 Å². The zero-order valence-corrected chi connectivity index (χ0v) is 22.4. The number of nitrogens with zero attached hydrogens (tertiary/aromatic N) is 2. The van der Waals surface area contributed by atoms with Gasteiger partial charge < -0.3 is 9.80 Å². The molecule has 0 aliphatic carbocycles. The van der Waals surface area contributed by atoms with Crippen molar-refractivity contribution in [3.8, 4) is 0 Å². The SMILES string of the molecule is C=C(c1ccc(N(c2ccccc2)c2ccccc2)s1)c1ccc(N(c2ccccc2)c2ccccc2)s1. The molecule has 0 bridgehead atoms. The van der Waals surface area contributed by atoms with Crippen LogP contribution in [0.1, 0.15) is 9.75 Å². The maximum Gasteiger partial charge on any atom is 0.101 e. The molecule has 4 heteroatoms. The van der Waals surface area contributed by atoms with Crippen LogP contribution in [0.5, 0.6) is 0 Å². The van der Waals surface area contributed by atoms with E-state index in [1.165, 1.54) is 0 Å². The van der Waals surface area contributed by atoms with Crippen molar-refractivity contribution in [2.75, 3.05) is 9.80 Å². The highest BCUT2D eigenvalue weighted by Crippen LogP contribution is 2.44. The fraction of sp³-hybridized carbons (Fsp3) is 0. The van der Waals surface area contributed by atoms with Gasteiger partial charge in [-0.15, -0.1) is 22.7 Å². The van der Waals surface area contributed by atoms with Crippen LogP contribution in [-0.4, -0.2) is 0 Å². The van der Waals surface area contributed by atoms with Crippen molar-refractivity contribution >= 4 is 61.0 Å². The van der Waals surface area contributed by atoms with Gasteiger partial charge in [0.05, 0.1) is 0 Å². The van der Waals surface area contributed by atoms with Crippen LogP contribution >= 0.6 is 22.7 Å². The maximum atomic E-state index is 4.52. The van der Waals surface area contributed by atoms with Gasteiger partial charge in [-0.2, -0.15) is 0 Å². The molecule has 0 aliphatic heterocycles. The zero-order valence-electron chi connectivity index (χ0n) is 20.8. The van der Waals surface area contributed by atoms with E-state index in [2.05, 4.69) is 162 Å². The van der Waals surface area contributed by atoms with Crippen molar-refractivity contribution in [3.05, 3.63) is 162 Å². The van der Waals surface area contributed by atoms with Gasteiger partial charge >= 0.3 is 0 Å². The van der Waals surface area contributed by atoms with Gasteiger partial charge in [-0.05, 0) is 72.8 Å². The molecule has 6 aromatic rings. The van der Waals surface area contributed by atoms with E-state index in [-0.39, 0.29) is 0 Å². The van der Waals surface area contributed by atoms with E-state index in [0.717, 1.165) is 48.1 Å². The van der Waals surface area contributed by atoms with Crippen molar-refractivity contribution in [1.29, 1.82) is 0 Å². The Bertz CT molecular complexity index is 1420. The molecule has 38 heavy (non-hydrogen) atoms. The topological polar surface area (TPSA) is 6.48 Å². The Morgan fingerprint density at radius 1 is 0.395 bits per heavy atom. The van der Waals surface area contributed by atoms with E-state index in [1.807, 2.05) is 0 Å². The number of rotatable bonds is 8. The monoisotopic (exact) mass is 526 g/mol. The summed E-state index contributed by atoms with van der Waals surface area (Å²) in [4.78, 5) is 6.93. The molecule has 4 aromatic carbocycles. The predicted octanol–water partition coefficient (Wildman–Crippen LogP) is 10.8. The average Bonchev–Trinajstić information content (AvgIpc) is 3.66. The second-order valence-electron chi connectivity index (χ2n) is 8.77. The molecule has 0 saturated carbocycles. The summed E-state index contributed by atoms with van der Waals surface area (Å²) in [5.74, 6) is 0. The van der Waals surface area contributed by atoms with Crippen LogP contribution in [0, 0.1) is 0 Å². The highest BCUT2D eigenvalue weighted by Gasteiger charge is 2.18. The summed E-state index contributed by atoms with van der Waals surface area (Å²) >= 11 is 3.53. The lowest BCUT2D eigenvalue weighted by molar-refractivity contribution is 1.32. The lowest BCUT2D eigenvalue weighted by Gasteiger charge is -2.23. The molecule has 0 saturated heterocycles. The summed E-state index contributed by atoms with van der Waals surface area (Å²) in [7, 11) is 0. The first kappa shape index (κ1) is 24.0. The number of hydrogen-bond donors (Lipinski definition) is 0. The second kappa shape index (κ2) is 10.9. The number of anilines is 6. The van der Waals surface area contributed by atoms with E-state index >= 15 is 0 Å². The highest BCUT2D eigenvalue weighted by molar-refractivity contribution is 7.19. The standard InChI is InChI=1S/C34H26N2S2/c1-26(31-22-24-33(37-31)35(27-14-6-2-7-15-27)28-16-8-3-9-17-28)32-23-25-34(38-32)36(29-18-10-4-11-19-29)30-20-12-5-13-21-30/h2-25H,1H2. The van der Waals surface area contributed by atoms with Gasteiger partial charge in [0, 0.05) is 38.1 Å². The molecule has 2 nitrogen and oxygen atoms in total. The van der Waals surface area contributed by atoms with Gasteiger partial charge in [-0.1, -0.05) is 79.4 Å². The molecule has 184 valence electrons. The largest absolute Gasteiger partial charge is 0.302 e. The van der Waals surface area contributed by atoms with Crippen LogP contribution in [-0.2, 0) is 0 Å². The minimum absolute atomic E-state index is 1.04. The minimum Gasteiger partial charge on any atom is -0.302 e. The summed E-state index contributed by atoms with van der Waals surface area (Å²) in [5, 5.41) is 2.32. The van der Waals surface area contributed by atoms with Crippen molar-refractivity contribution in [1.82, 2.24) is 0 Å². The quantitative estimate of drug-likeness (QED) is 0.195. The first-order chi connectivity index (χ1) is 18.8. The fourth-order valence-corrected chi connectivity index (χ4v) is 6.59. The van der Waals surface area contributed by atoms with E-state index in [9.17, 15) is 0 Å². The Kier molecular flexibility index (Phi) is 6.90. The summed E-state index contributed by atoms with van der Waals surface area (Å²) < 4.78 is 0. The Hall–Kier alpha value is -4.38. The van der Waals surface area contributed by atoms with Crippen LogP contribution in [0.4, 0.5) is 32.8 Å². The third-order valence-corrected chi connectivity index (χ3v) is 8.54. The molecule has 0 spiro atoms. The lowest BCUT2D eigenvalue weighted by Crippen LogP contribution is -2.07. The Morgan fingerprint density at radius 3 is 0.974 bits per heavy atom. The van der Waals surface area contributed by atoms with Crippen LogP contribution in [0.3, 0.4) is 0 Å². The third kappa shape index (κ3) is 4.92. The maximum absolute atomic E-state index is 4.52. The number of para-hydroxylation sites is 4. The normalized spacial score (nSPS) is 10.7. The molecule has 2 aromatic heterocycles. The minimum atomic E-state index is 1.04. The molecule has 0 N–H and O–H groups in total. The Balaban J connectivity index is 1.33. The van der Waals surface area contributed by atoms with Gasteiger partial charge in [-0.25, -0.2) is 0 Å². The smallest absolute Gasteiger partial charge is 0.101 e. The molecule has 6 rings (SSSR count). The molecule has 0 aliphatic rings. The van der Waals surface area contributed by atoms with E-state index in [0.29, 0.717) is 0 Å². The Labute approximate surface area is 232 Å². The third-order valence-electron chi connectivity index (χ3n) is 6.28. The molecule has 0 amide bonds. The second-order valence-corrected chi connectivity index (χ2v) is 10.9. The van der Waals surface area contributed by atoms with E-state index in [4.69, 9.17) is 0 Å². The van der Waals surface area contributed by atoms with Gasteiger partial charge in [0.2, 0.25) is 0 Å². The molecular formula is C34H26N2S2. The lowest BCUT2D eigenvalue weighted by atomic mass is 10.2. The van der Waals surface area contributed by atoms with Crippen molar-refractivity contribution in [2.45, 2.75) is 0 Å². The zero-order chi connectivity index (χ0) is 25.7. The number of benzene rings is 4. The van der Waals surface area contributed by atoms with E-state index < -0.39 is 0 Å². The van der Waals surface area contributed by atoms with Gasteiger partial charge in [0.15, 0.2) is 0 Å². The van der Waals surface area contributed by atoms with Crippen LogP contribution < -0.4 is 9.80 Å². The first-order valence-electron chi connectivity index (χ1n) is 12.5. The van der Waals surface area contributed by atoms with E-state index in [1.54, 1.807) is 22.7 Å². The molecule has 2 heterocycles. The highest BCUT2D eigenvalue weighted by atomic mass is 32.1. The predicted molar refractivity (Wildman–Crippen MR) is 166 cm³/mol. The molecule has 0 fully saturated rings. The number of hydrogen-bond acceptors (Lipinski definition) is 4. The molecular weight excluding hydrogens is 501 g/mol.